The van der Waals surface area contributed by atoms with Crippen LogP contribution in [0.4, 0.5) is 5.82 Å². The van der Waals surface area contributed by atoms with Crippen molar-refractivity contribution in [3.8, 4) is 0 Å². The molecule has 0 fully saturated rings. The molecule has 2 aromatic heterocycles. The first-order valence-electron chi connectivity index (χ1n) is 5.49. The molecule has 94 valence electrons. The second-order valence-electron chi connectivity index (χ2n) is 3.95. The molecule has 0 amide bonds. The Bertz CT molecular complexity index is 577. The number of hydrogen-bond acceptors (Lipinski definition) is 4. The van der Waals surface area contributed by atoms with E-state index in [1.54, 1.807) is 23.0 Å². The van der Waals surface area contributed by atoms with Gasteiger partial charge in [-0.05, 0) is 19.1 Å². The molecule has 0 radical (unpaired) electrons. The first kappa shape index (κ1) is 12.1. The summed E-state index contributed by atoms with van der Waals surface area (Å²) >= 11 is 0. The van der Waals surface area contributed by atoms with Crippen LogP contribution >= 0.6 is 0 Å². The van der Waals surface area contributed by atoms with Gasteiger partial charge in [0.15, 0.2) is 5.69 Å². The summed E-state index contributed by atoms with van der Waals surface area (Å²) in [5.74, 6) is -0.491. The molecular weight excluding hydrogens is 232 g/mol. The quantitative estimate of drug-likeness (QED) is 0.853. The van der Waals surface area contributed by atoms with Crippen LogP contribution in [0.2, 0.25) is 0 Å². The molecule has 0 bridgehead atoms. The SMILES string of the molecule is Cc1c(CNc2cccc(C(=O)O)n2)cnn1C. The minimum Gasteiger partial charge on any atom is -0.477 e. The Morgan fingerprint density at radius 3 is 2.89 bits per heavy atom. The van der Waals surface area contributed by atoms with E-state index in [4.69, 9.17) is 5.11 Å². The second kappa shape index (κ2) is 4.87. The normalized spacial score (nSPS) is 10.3. The zero-order valence-corrected chi connectivity index (χ0v) is 10.2. The van der Waals surface area contributed by atoms with E-state index < -0.39 is 5.97 Å². The van der Waals surface area contributed by atoms with Gasteiger partial charge in [0.25, 0.3) is 0 Å². The number of aromatic nitrogens is 3. The number of pyridine rings is 1. The molecule has 0 aliphatic heterocycles. The minimum absolute atomic E-state index is 0.0305. The Balaban J connectivity index is 2.08. The molecule has 0 spiro atoms. The van der Waals surface area contributed by atoms with Crippen LogP contribution in [0.5, 0.6) is 0 Å². The minimum atomic E-state index is -1.03. The van der Waals surface area contributed by atoms with Crippen LogP contribution in [0.3, 0.4) is 0 Å². The molecule has 18 heavy (non-hydrogen) atoms. The third-order valence-corrected chi connectivity index (χ3v) is 2.77. The van der Waals surface area contributed by atoms with Crippen LogP contribution < -0.4 is 5.32 Å². The van der Waals surface area contributed by atoms with Crippen molar-refractivity contribution in [1.29, 1.82) is 0 Å². The zero-order chi connectivity index (χ0) is 13.1. The number of aromatic carboxylic acids is 1. The maximum absolute atomic E-state index is 10.8. The van der Waals surface area contributed by atoms with Crippen LogP contribution in [0.15, 0.2) is 24.4 Å². The predicted octanol–water partition coefficient (Wildman–Crippen LogP) is 1.43. The van der Waals surface area contributed by atoms with Gasteiger partial charge in [0, 0.05) is 24.8 Å². The molecule has 2 rings (SSSR count). The Labute approximate surface area is 104 Å². The lowest BCUT2D eigenvalue weighted by atomic mass is 10.2. The molecule has 0 unspecified atom stereocenters. The van der Waals surface area contributed by atoms with Crippen molar-refractivity contribution in [3.05, 3.63) is 41.3 Å². The van der Waals surface area contributed by atoms with Crippen molar-refractivity contribution in [3.63, 3.8) is 0 Å². The molecular formula is C12H14N4O2. The van der Waals surface area contributed by atoms with Gasteiger partial charge in [-0.15, -0.1) is 0 Å². The maximum Gasteiger partial charge on any atom is 0.354 e. The van der Waals surface area contributed by atoms with E-state index in [1.807, 2.05) is 14.0 Å². The lowest BCUT2D eigenvalue weighted by Gasteiger charge is -2.05. The highest BCUT2D eigenvalue weighted by atomic mass is 16.4. The number of carboxylic acids is 1. The molecule has 0 aromatic carbocycles. The fourth-order valence-corrected chi connectivity index (χ4v) is 1.56. The maximum atomic E-state index is 10.8. The van der Waals surface area contributed by atoms with Crippen LogP contribution in [-0.4, -0.2) is 25.8 Å². The monoisotopic (exact) mass is 246 g/mol. The number of hydrogen-bond donors (Lipinski definition) is 2. The largest absolute Gasteiger partial charge is 0.477 e. The van der Waals surface area contributed by atoms with Crippen LogP contribution in [0.1, 0.15) is 21.7 Å². The van der Waals surface area contributed by atoms with Crippen LogP contribution in [0.25, 0.3) is 0 Å². The second-order valence-corrected chi connectivity index (χ2v) is 3.95. The molecule has 0 saturated carbocycles. The molecule has 2 aromatic rings. The lowest BCUT2D eigenvalue weighted by Crippen LogP contribution is -2.06. The van der Waals surface area contributed by atoms with Crippen molar-refractivity contribution in [1.82, 2.24) is 14.8 Å². The van der Waals surface area contributed by atoms with Gasteiger partial charge in [0.1, 0.15) is 5.82 Å². The highest BCUT2D eigenvalue weighted by Crippen LogP contribution is 2.10. The number of carboxylic acid groups (broad SMARTS) is 1. The number of rotatable bonds is 4. The molecule has 0 saturated heterocycles. The summed E-state index contributed by atoms with van der Waals surface area (Å²) in [6, 6.07) is 4.86. The summed E-state index contributed by atoms with van der Waals surface area (Å²) in [5.41, 5.74) is 2.15. The first-order valence-corrected chi connectivity index (χ1v) is 5.49. The summed E-state index contributed by atoms with van der Waals surface area (Å²) in [6.07, 6.45) is 1.78. The van der Waals surface area contributed by atoms with Crippen molar-refractivity contribution in [2.24, 2.45) is 7.05 Å². The van der Waals surface area contributed by atoms with E-state index in [0.717, 1.165) is 11.3 Å². The topological polar surface area (TPSA) is 80.0 Å². The first-order chi connectivity index (χ1) is 8.58. The number of nitrogens with one attached hydrogen (secondary N) is 1. The third-order valence-electron chi connectivity index (χ3n) is 2.77. The Morgan fingerprint density at radius 1 is 1.50 bits per heavy atom. The highest BCUT2D eigenvalue weighted by molar-refractivity contribution is 5.85. The van der Waals surface area contributed by atoms with Gasteiger partial charge >= 0.3 is 5.97 Å². The smallest absolute Gasteiger partial charge is 0.354 e. The fraction of sp³-hybridized carbons (Fsp3) is 0.250. The fourth-order valence-electron chi connectivity index (χ4n) is 1.56. The van der Waals surface area contributed by atoms with Gasteiger partial charge in [-0.25, -0.2) is 9.78 Å². The van der Waals surface area contributed by atoms with Crippen molar-refractivity contribution in [2.75, 3.05) is 5.32 Å². The van der Waals surface area contributed by atoms with E-state index in [2.05, 4.69) is 15.4 Å². The molecule has 6 nitrogen and oxygen atoms in total. The van der Waals surface area contributed by atoms with E-state index in [9.17, 15) is 4.79 Å². The van der Waals surface area contributed by atoms with Gasteiger partial charge in [-0.2, -0.15) is 5.10 Å². The number of carbonyl (C=O) groups is 1. The van der Waals surface area contributed by atoms with Crippen molar-refractivity contribution in [2.45, 2.75) is 13.5 Å². The van der Waals surface area contributed by atoms with E-state index in [0.29, 0.717) is 12.4 Å². The average Bonchev–Trinajstić information content (AvgIpc) is 2.68. The molecule has 2 N–H and O–H groups in total. The molecule has 6 heteroatoms. The summed E-state index contributed by atoms with van der Waals surface area (Å²) in [7, 11) is 1.88. The summed E-state index contributed by atoms with van der Waals surface area (Å²) < 4.78 is 1.79. The number of aryl methyl sites for hydroxylation is 1. The summed E-state index contributed by atoms with van der Waals surface area (Å²) in [4.78, 5) is 14.8. The number of anilines is 1. The van der Waals surface area contributed by atoms with E-state index in [1.165, 1.54) is 6.07 Å². The van der Waals surface area contributed by atoms with Crippen molar-refractivity contribution >= 4 is 11.8 Å². The molecule has 0 aliphatic rings. The van der Waals surface area contributed by atoms with Gasteiger partial charge < -0.3 is 10.4 Å². The Hall–Kier alpha value is -2.37. The predicted molar refractivity (Wildman–Crippen MR) is 66.5 cm³/mol. The number of nitrogens with zero attached hydrogens (tertiary/aromatic N) is 3. The standard InChI is InChI=1S/C12H14N4O2/c1-8-9(7-14-16(8)2)6-13-11-5-3-4-10(15-11)12(17)18/h3-5,7H,6H2,1-2H3,(H,13,15)(H,17,18). The van der Waals surface area contributed by atoms with Gasteiger partial charge in [-0.1, -0.05) is 6.07 Å². The van der Waals surface area contributed by atoms with E-state index in [-0.39, 0.29) is 5.69 Å². The highest BCUT2D eigenvalue weighted by Gasteiger charge is 2.06. The van der Waals surface area contributed by atoms with E-state index >= 15 is 0 Å². The zero-order valence-electron chi connectivity index (χ0n) is 10.2. The average molecular weight is 246 g/mol. The molecule has 2 heterocycles. The van der Waals surface area contributed by atoms with Crippen LogP contribution in [-0.2, 0) is 13.6 Å². The van der Waals surface area contributed by atoms with Gasteiger partial charge in [0.05, 0.1) is 6.20 Å². The Morgan fingerprint density at radius 2 is 2.28 bits per heavy atom. The molecule has 0 aliphatic carbocycles. The van der Waals surface area contributed by atoms with Gasteiger partial charge in [-0.3, -0.25) is 4.68 Å². The molecule has 0 atom stereocenters. The Kier molecular flexibility index (Phi) is 3.27. The van der Waals surface area contributed by atoms with Crippen molar-refractivity contribution < 1.29 is 9.90 Å². The van der Waals surface area contributed by atoms with Crippen LogP contribution in [0, 0.1) is 6.92 Å². The summed E-state index contributed by atoms with van der Waals surface area (Å²) in [5, 5.41) is 16.1. The lowest BCUT2D eigenvalue weighted by molar-refractivity contribution is 0.0690. The third kappa shape index (κ3) is 2.48. The van der Waals surface area contributed by atoms with Gasteiger partial charge in [0.2, 0.25) is 0 Å². The summed E-state index contributed by atoms with van der Waals surface area (Å²) in [6.45, 7) is 2.54.